The number of carbonyl (C=O) groups excluding carboxylic acids is 1. The largest absolute Gasteiger partial charge is 0.494 e. The molecule has 0 aromatic heterocycles. The highest BCUT2D eigenvalue weighted by molar-refractivity contribution is 6.37. The Labute approximate surface area is 144 Å². The molecule has 0 heterocycles. The van der Waals surface area contributed by atoms with E-state index in [4.69, 9.17) is 33.2 Å². The highest BCUT2D eigenvalue weighted by Gasteiger charge is 2.17. The highest BCUT2D eigenvalue weighted by Crippen LogP contribution is 2.34. The molecule has 0 unspecified atom stereocenters. The molecule has 0 aliphatic rings. The average Bonchev–Trinajstić information content (AvgIpc) is 2.54. The zero-order valence-electron chi connectivity index (χ0n) is 12.6. The molecule has 0 bridgehead atoms. The molecule has 118 valence electrons. The first-order chi connectivity index (χ1) is 11.0. The fourth-order valence-corrected chi connectivity index (χ4v) is 2.77. The number of amides is 1. The third-order valence-corrected chi connectivity index (χ3v) is 3.86. The topological polar surface area (TPSA) is 53.3 Å². The molecule has 0 N–H and O–H groups in total. The molecule has 23 heavy (non-hydrogen) atoms. The number of ether oxygens (including phenoxy) is 1. The van der Waals surface area contributed by atoms with Gasteiger partial charge in [-0.25, -0.2) is 0 Å². The molecule has 4 nitrogen and oxygen atoms in total. The second kappa shape index (κ2) is 7.36. The number of halogens is 2. The Morgan fingerprint density at radius 1 is 1.22 bits per heavy atom. The van der Waals surface area contributed by atoms with Crippen molar-refractivity contribution in [3.05, 3.63) is 63.1 Å². The maximum Gasteiger partial charge on any atom is 0.254 e. The fourth-order valence-electron chi connectivity index (χ4n) is 2.13. The molecule has 0 radical (unpaired) electrons. The summed E-state index contributed by atoms with van der Waals surface area (Å²) in [5.74, 6) is 0.139. The van der Waals surface area contributed by atoms with Crippen LogP contribution in [0.5, 0.6) is 5.75 Å². The maximum absolute atomic E-state index is 12.5. The van der Waals surface area contributed by atoms with Crippen molar-refractivity contribution in [2.75, 3.05) is 14.2 Å². The summed E-state index contributed by atoms with van der Waals surface area (Å²) < 4.78 is 5.07. The van der Waals surface area contributed by atoms with Gasteiger partial charge in [-0.05, 0) is 29.8 Å². The summed E-state index contributed by atoms with van der Waals surface area (Å²) in [5, 5.41) is 9.37. The first-order valence-electron chi connectivity index (χ1n) is 6.73. The number of nitriles is 1. The van der Waals surface area contributed by atoms with Crippen LogP contribution in [0.4, 0.5) is 0 Å². The summed E-state index contributed by atoms with van der Waals surface area (Å²) >= 11 is 12.1. The predicted molar refractivity (Wildman–Crippen MR) is 90.0 cm³/mol. The summed E-state index contributed by atoms with van der Waals surface area (Å²) in [6.07, 6.45) is 0. The normalized spacial score (nSPS) is 10.0. The van der Waals surface area contributed by atoms with E-state index in [1.165, 1.54) is 19.2 Å². The van der Waals surface area contributed by atoms with E-state index in [0.29, 0.717) is 23.4 Å². The summed E-state index contributed by atoms with van der Waals surface area (Å²) in [6, 6.07) is 12.2. The molecule has 0 fully saturated rings. The minimum absolute atomic E-state index is 0.208. The Bertz CT molecular complexity index is 744. The molecule has 0 spiro atoms. The van der Waals surface area contributed by atoms with Crippen molar-refractivity contribution in [3.63, 3.8) is 0 Å². The van der Waals surface area contributed by atoms with Gasteiger partial charge in [-0.2, -0.15) is 5.26 Å². The number of nitrogens with zero attached hydrogens (tertiary/aromatic N) is 2. The van der Waals surface area contributed by atoms with E-state index in [-0.39, 0.29) is 16.0 Å². The standard InChI is InChI=1S/C17H14Cl2N2O2/c1-21(10-12-5-3-11(9-20)4-6-12)17(22)13-7-14(18)16(23-2)15(19)8-13/h3-8H,10H2,1-2H3. The Morgan fingerprint density at radius 2 is 1.78 bits per heavy atom. The number of carbonyl (C=O) groups is 1. The number of benzene rings is 2. The van der Waals surface area contributed by atoms with Gasteiger partial charge in [0.2, 0.25) is 0 Å². The molecule has 0 saturated heterocycles. The summed E-state index contributed by atoms with van der Waals surface area (Å²) in [4.78, 5) is 14.0. The van der Waals surface area contributed by atoms with Gasteiger partial charge < -0.3 is 9.64 Å². The van der Waals surface area contributed by atoms with Crippen molar-refractivity contribution < 1.29 is 9.53 Å². The van der Waals surface area contributed by atoms with Crippen LogP contribution in [-0.2, 0) is 6.54 Å². The molecule has 1 amide bonds. The van der Waals surface area contributed by atoms with Crippen LogP contribution in [-0.4, -0.2) is 25.0 Å². The summed E-state index contributed by atoms with van der Waals surface area (Å²) in [5.41, 5.74) is 1.89. The quantitative estimate of drug-likeness (QED) is 0.833. The van der Waals surface area contributed by atoms with Crippen molar-refractivity contribution in [1.29, 1.82) is 5.26 Å². The van der Waals surface area contributed by atoms with Crippen LogP contribution in [0.3, 0.4) is 0 Å². The van der Waals surface area contributed by atoms with Gasteiger partial charge in [0, 0.05) is 19.2 Å². The van der Waals surface area contributed by atoms with Crippen molar-refractivity contribution >= 4 is 29.1 Å². The van der Waals surface area contributed by atoms with Gasteiger partial charge in [-0.15, -0.1) is 0 Å². The fraction of sp³-hybridized carbons (Fsp3) is 0.176. The lowest BCUT2D eigenvalue weighted by Crippen LogP contribution is -2.26. The first kappa shape index (κ1) is 17.1. The predicted octanol–water partition coefficient (Wildman–Crippen LogP) is 4.15. The molecular weight excluding hydrogens is 335 g/mol. The summed E-state index contributed by atoms with van der Waals surface area (Å²) in [7, 11) is 3.15. The van der Waals surface area contributed by atoms with Gasteiger partial charge in [0.25, 0.3) is 5.91 Å². The van der Waals surface area contributed by atoms with E-state index in [0.717, 1.165) is 5.56 Å². The van der Waals surface area contributed by atoms with Crippen LogP contribution in [0.1, 0.15) is 21.5 Å². The monoisotopic (exact) mass is 348 g/mol. The lowest BCUT2D eigenvalue weighted by atomic mass is 10.1. The SMILES string of the molecule is COc1c(Cl)cc(C(=O)N(C)Cc2ccc(C#N)cc2)cc1Cl. The molecular formula is C17H14Cl2N2O2. The Balaban J connectivity index is 2.17. The van der Waals surface area contributed by atoms with Crippen molar-refractivity contribution in [2.24, 2.45) is 0 Å². The molecule has 0 aliphatic heterocycles. The van der Waals surface area contributed by atoms with E-state index < -0.39 is 0 Å². The van der Waals surface area contributed by atoms with Crippen molar-refractivity contribution in [3.8, 4) is 11.8 Å². The van der Waals surface area contributed by atoms with Crippen LogP contribution in [0, 0.1) is 11.3 Å². The van der Waals surface area contributed by atoms with E-state index in [9.17, 15) is 4.79 Å². The van der Waals surface area contributed by atoms with Crippen LogP contribution < -0.4 is 4.74 Å². The molecule has 2 rings (SSSR count). The van der Waals surface area contributed by atoms with Gasteiger partial charge in [-0.1, -0.05) is 35.3 Å². The van der Waals surface area contributed by atoms with Crippen molar-refractivity contribution in [1.82, 2.24) is 4.90 Å². The number of methoxy groups -OCH3 is 1. The van der Waals surface area contributed by atoms with Gasteiger partial charge in [0.05, 0.1) is 28.8 Å². The van der Waals surface area contributed by atoms with Crippen LogP contribution in [0.15, 0.2) is 36.4 Å². The van der Waals surface area contributed by atoms with E-state index in [2.05, 4.69) is 6.07 Å². The third kappa shape index (κ3) is 3.95. The van der Waals surface area contributed by atoms with Gasteiger partial charge >= 0.3 is 0 Å². The zero-order chi connectivity index (χ0) is 17.0. The minimum Gasteiger partial charge on any atom is -0.494 e. The zero-order valence-corrected chi connectivity index (χ0v) is 14.1. The Hall–Kier alpha value is -2.22. The van der Waals surface area contributed by atoms with Crippen LogP contribution >= 0.6 is 23.2 Å². The van der Waals surface area contributed by atoms with E-state index in [1.54, 1.807) is 24.1 Å². The minimum atomic E-state index is -0.208. The number of hydrogen-bond donors (Lipinski definition) is 0. The average molecular weight is 349 g/mol. The van der Waals surface area contributed by atoms with E-state index in [1.807, 2.05) is 12.1 Å². The molecule has 0 saturated carbocycles. The lowest BCUT2D eigenvalue weighted by Gasteiger charge is -2.18. The van der Waals surface area contributed by atoms with Gasteiger partial charge in [-0.3, -0.25) is 4.79 Å². The van der Waals surface area contributed by atoms with Gasteiger partial charge in [0.1, 0.15) is 0 Å². The molecule has 2 aromatic rings. The maximum atomic E-state index is 12.5. The number of rotatable bonds is 4. The first-order valence-corrected chi connectivity index (χ1v) is 7.49. The highest BCUT2D eigenvalue weighted by atomic mass is 35.5. The molecule has 2 aromatic carbocycles. The lowest BCUT2D eigenvalue weighted by molar-refractivity contribution is 0.0785. The Kier molecular flexibility index (Phi) is 5.49. The molecule has 6 heteroatoms. The Morgan fingerprint density at radius 3 is 2.26 bits per heavy atom. The third-order valence-electron chi connectivity index (χ3n) is 3.30. The second-order valence-electron chi connectivity index (χ2n) is 4.94. The summed E-state index contributed by atoms with van der Waals surface area (Å²) in [6.45, 7) is 0.409. The second-order valence-corrected chi connectivity index (χ2v) is 5.76. The van der Waals surface area contributed by atoms with Crippen molar-refractivity contribution in [2.45, 2.75) is 6.54 Å². The molecule has 0 aliphatic carbocycles. The van der Waals surface area contributed by atoms with Crippen LogP contribution in [0.25, 0.3) is 0 Å². The van der Waals surface area contributed by atoms with Gasteiger partial charge in [0.15, 0.2) is 5.75 Å². The number of hydrogen-bond acceptors (Lipinski definition) is 3. The smallest absolute Gasteiger partial charge is 0.254 e. The molecule has 0 atom stereocenters. The van der Waals surface area contributed by atoms with Crippen LogP contribution in [0.2, 0.25) is 10.0 Å². The van der Waals surface area contributed by atoms with E-state index >= 15 is 0 Å².